The number of aromatic nitrogens is 2. The minimum Gasteiger partial charge on any atom is -0.363 e. The average Bonchev–Trinajstić information content (AvgIpc) is 2.75. The molecule has 0 aliphatic carbocycles. The van der Waals surface area contributed by atoms with Crippen molar-refractivity contribution in [3.8, 4) is 0 Å². The lowest BCUT2D eigenvalue weighted by molar-refractivity contribution is 0.102. The van der Waals surface area contributed by atoms with Crippen LogP contribution in [0.2, 0.25) is 0 Å². The van der Waals surface area contributed by atoms with Crippen LogP contribution in [0.25, 0.3) is 10.9 Å². The monoisotopic (exact) mass is 414 g/mol. The number of carbonyl (C=O) groups excluding carboxylic acids is 1. The molecule has 6 heteroatoms. The number of hydrogen-bond acceptors (Lipinski definition) is 4. The van der Waals surface area contributed by atoms with Crippen molar-refractivity contribution in [1.82, 2.24) is 9.97 Å². The van der Waals surface area contributed by atoms with Gasteiger partial charge in [-0.1, -0.05) is 24.3 Å². The fourth-order valence-corrected chi connectivity index (χ4v) is 3.47. The van der Waals surface area contributed by atoms with E-state index in [2.05, 4.69) is 27.5 Å². The minimum absolute atomic E-state index is 0.000127. The third kappa shape index (κ3) is 4.53. The largest absolute Gasteiger partial charge is 0.363 e. The third-order valence-electron chi connectivity index (χ3n) is 5.17. The maximum absolute atomic E-state index is 13.0. The van der Waals surface area contributed by atoms with Crippen molar-refractivity contribution in [1.29, 1.82) is 0 Å². The molecule has 1 aromatic heterocycles. The van der Waals surface area contributed by atoms with Gasteiger partial charge in [-0.25, -0.2) is 14.4 Å². The molecule has 1 atom stereocenters. The first-order valence-corrected chi connectivity index (χ1v) is 10.1. The van der Waals surface area contributed by atoms with Gasteiger partial charge >= 0.3 is 0 Å². The van der Waals surface area contributed by atoms with Crippen molar-refractivity contribution in [2.24, 2.45) is 0 Å². The fourth-order valence-electron chi connectivity index (χ4n) is 3.47. The molecular formula is C25H23FN4O. The van der Waals surface area contributed by atoms with Crippen molar-refractivity contribution in [2.75, 3.05) is 10.6 Å². The molecule has 4 rings (SSSR count). The van der Waals surface area contributed by atoms with Gasteiger partial charge in [0, 0.05) is 22.7 Å². The second kappa shape index (κ2) is 8.52. The molecule has 5 nitrogen and oxygen atoms in total. The van der Waals surface area contributed by atoms with Gasteiger partial charge in [-0.15, -0.1) is 0 Å². The Morgan fingerprint density at radius 2 is 1.65 bits per heavy atom. The number of amides is 1. The van der Waals surface area contributed by atoms with Crippen LogP contribution in [0.4, 0.5) is 15.9 Å². The Hall–Kier alpha value is -3.80. The molecule has 1 unspecified atom stereocenters. The maximum Gasteiger partial charge on any atom is 0.255 e. The number of hydrogen-bond donors (Lipinski definition) is 2. The second-order valence-electron chi connectivity index (χ2n) is 7.54. The van der Waals surface area contributed by atoms with Crippen LogP contribution < -0.4 is 10.6 Å². The van der Waals surface area contributed by atoms with Gasteiger partial charge in [-0.2, -0.15) is 0 Å². The molecular weight excluding hydrogens is 391 g/mol. The van der Waals surface area contributed by atoms with Crippen molar-refractivity contribution >= 4 is 28.3 Å². The highest BCUT2D eigenvalue weighted by atomic mass is 19.1. The van der Waals surface area contributed by atoms with E-state index >= 15 is 0 Å². The summed E-state index contributed by atoms with van der Waals surface area (Å²) in [6.07, 6.45) is 0. The van der Waals surface area contributed by atoms with Crippen LogP contribution in [0.1, 0.15) is 40.3 Å². The molecule has 0 aliphatic rings. The molecule has 0 radical (unpaired) electrons. The van der Waals surface area contributed by atoms with E-state index in [1.807, 2.05) is 56.3 Å². The number of benzene rings is 3. The summed E-state index contributed by atoms with van der Waals surface area (Å²) in [5.41, 5.74) is 4.19. The molecule has 0 saturated carbocycles. The molecule has 156 valence electrons. The van der Waals surface area contributed by atoms with Gasteiger partial charge in [0.15, 0.2) is 0 Å². The number of rotatable bonds is 5. The summed E-state index contributed by atoms with van der Waals surface area (Å²) < 4.78 is 13.0. The molecule has 3 aromatic carbocycles. The Bertz CT molecular complexity index is 1240. The lowest BCUT2D eigenvalue weighted by atomic mass is 10.1. The summed E-state index contributed by atoms with van der Waals surface area (Å²) in [6.45, 7) is 5.99. The first kappa shape index (κ1) is 20.5. The van der Waals surface area contributed by atoms with Gasteiger partial charge in [0.25, 0.3) is 5.91 Å². The van der Waals surface area contributed by atoms with E-state index < -0.39 is 0 Å². The minimum atomic E-state index is -0.371. The highest BCUT2D eigenvalue weighted by molar-refractivity contribution is 6.04. The number of halogens is 1. The topological polar surface area (TPSA) is 66.9 Å². The number of nitrogens with zero attached hydrogens (tertiary/aromatic N) is 2. The highest BCUT2D eigenvalue weighted by Crippen LogP contribution is 2.27. The molecule has 0 fully saturated rings. The Morgan fingerprint density at radius 3 is 2.35 bits per heavy atom. The molecule has 0 aliphatic heterocycles. The van der Waals surface area contributed by atoms with Gasteiger partial charge in [0.2, 0.25) is 0 Å². The van der Waals surface area contributed by atoms with Gasteiger partial charge < -0.3 is 10.6 Å². The van der Waals surface area contributed by atoms with E-state index in [0.717, 1.165) is 33.7 Å². The average molecular weight is 414 g/mol. The van der Waals surface area contributed by atoms with E-state index in [9.17, 15) is 9.18 Å². The third-order valence-corrected chi connectivity index (χ3v) is 5.17. The summed E-state index contributed by atoms with van der Waals surface area (Å²) >= 11 is 0. The number of anilines is 2. The molecule has 31 heavy (non-hydrogen) atoms. The van der Waals surface area contributed by atoms with E-state index in [1.165, 1.54) is 24.3 Å². The summed E-state index contributed by atoms with van der Waals surface area (Å²) in [6, 6.07) is 19.1. The number of nitrogens with one attached hydrogen (secondary N) is 2. The van der Waals surface area contributed by atoms with E-state index in [-0.39, 0.29) is 17.8 Å². The van der Waals surface area contributed by atoms with Crippen LogP contribution in [0.5, 0.6) is 0 Å². The van der Waals surface area contributed by atoms with Crippen molar-refractivity contribution in [3.05, 3.63) is 95.1 Å². The van der Waals surface area contributed by atoms with E-state index in [4.69, 9.17) is 0 Å². The molecule has 0 spiro atoms. The van der Waals surface area contributed by atoms with E-state index in [0.29, 0.717) is 11.3 Å². The second-order valence-corrected chi connectivity index (χ2v) is 7.54. The standard InChI is InChI=1S/C25H23FN4O/c1-15-5-4-6-22-23(15)28-17(3)29-24(22)27-16(2)18-9-13-21(14-10-18)30-25(31)19-7-11-20(26)12-8-19/h4-14,16H,1-3H3,(H,30,31)(H,27,28,29). The van der Waals surface area contributed by atoms with Crippen LogP contribution in [0, 0.1) is 19.7 Å². The SMILES string of the molecule is Cc1nc(NC(C)c2ccc(NC(=O)c3ccc(F)cc3)cc2)c2cccc(C)c2n1. The number of para-hydroxylation sites is 1. The van der Waals surface area contributed by atoms with Crippen LogP contribution in [-0.2, 0) is 0 Å². The fraction of sp³-hybridized carbons (Fsp3) is 0.160. The molecule has 2 N–H and O–H groups in total. The lowest BCUT2D eigenvalue weighted by Crippen LogP contribution is -2.12. The van der Waals surface area contributed by atoms with Crippen LogP contribution in [-0.4, -0.2) is 15.9 Å². The van der Waals surface area contributed by atoms with Crippen molar-refractivity contribution < 1.29 is 9.18 Å². The lowest BCUT2D eigenvalue weighted by Gasteiger charge is -2.18. The molecule has 1 heterocycles. The summed E-state index contributed by atoms with van der Waals surface area (Å²) in [4.78, 5) is 21.5. The predicted molar refractivity (Wildman–Crippen MR) is 122 cm³/mol. The zero-order chi connectivity index (χ0) is 22.0. The van der Waals surface area contributed by atoms with E-state index in [1.54, 1.807) is 0 Å². The zero-order valence-corrected chi connectivity index (χ0v) is 17.6. The van der Waals surface area contributed by atoms with Crippen molar-refractivity contribution in [2.45, 2.75) is 26.8 Å². The number of aryl methyl sites for hydroxylation is 2. The molecule has 1 amide bonds. The summed E-state index contributed by atoms with van der Waals surface area (Å²) in [5.74, 6) is 0.865. The van der Waals surface area contributed by atoms with Gasteiger partial charge in [-0.05, 0) is 74.4 Å². The van der Waals surface area contributed by atoms with Crippen LogP contribution >= 0.6 is 0 Å². The Labute approximate surface area is 180 Å². The molecule has 4 aromatic rings. The highest BCUT2D eigenvalue weighted by Gasteiger charge is 2.12. The normalized spacial score (nSPS) is 11.9. The Kier molecular flexibility index (Phi) is 5.62. The van der Waals surface area contributed by atoms with Crippen LogP contribution in [0.15, 0.2) is 66.7 Å². The maximum atomic E-state index is 13.0. The smallest absolute Gasteiger partial charge is 0.255 e. The van der Waals surface area contributed by atoms with Gasteiger partial charge in [-0.3, -0.25) is 4.79 Å². The first-order chi connectivity index (χ1) is 14.9. The molecule has 0 bridgehead atoms. The number of carbonyl (C=O) groups is 1. The summed E-state index contributed by atoms with van der Waals surface area (Å²) in [5, 5.41) is 7.30. The quantitative estimate of drug-likeness (QED) is 0.432. The van der Waals surface area contributed by atoms with Crippen molar-refractivity contribution in [3.63, 3.8) is 0 Å². The van der Waals surface area contributed by atoms with Crippen LogP contribution in [0.3, 0.4) is 0 Å². The predicted octanol–water partition coefficient (Wildman–Crippen LogP) is 5.81. The Morgan fingerprint density at radius 1 is 0.935 bits per heavy atom. The Balaban J connectivity index is 1.49. The number of fused-ring (bicyclic) bond motifs is 1. The first-order valence-electron chi connectivity index (χ1n) is 10.1. The zero-order valence-electron chi connectivity index (χ0n) is 17.6. The van der Waals surface area contributed by atoms with Gasteiger partial charge in [0.1, 0.15) is 17.5 Å². The summed E-state index contributed by atoms with van der Waals surface area (Å²) in [7, 11) is 0. The molecule has 0 saturated heterocycles. The van der Waals surface area contributed by atoms with Gasteiger partial charge in [0.05, 0.1) is 5.52 Å².